The van der Waals surface area contributed by atoms with Crippen molar-refractivity contribution < 1.29 is 27.5 Å². The number of carbonyl (C=O) groups is 2. The lowest BCUT2D eigenvalue weighted by Gasteiger charge is -2.18. The minimum atomic E-state index is -4.80. The number of para-hydroxylation sites is 1. The second-order valence-electron chi connectivity index (χ2n) is 5.79. The summed E-state index contributed by atoms with van der Waals surface area (Å²) in [5, 5.41) is 2.76. The summed E-state index contributed by atoms with van der Waals surface area (Å²) in [6.07, 6.45) is -4.05. The lowest BCUT2D eigenvalue weighted by molar-refractivity contribution is -0.274. The van der Waals surface area contributed by atoms with Crippen LogP contribution in [0.5, 0.6) is 5.75 Å². The number of carbonyl (C=O) groups excluding carboxylic acids is 2. The zero-order valence-corrected chi connectivity index (χ0v) is 14.8. The van der Waals surface area contributed by atoms with E-state index >= 15 is 0 Å². The Kier molecular flexibility index (Phi) is 6.44. The number of likely N-dealkylation sites (N-methyl/N-ethyl adjacent to an activating group) is 1. The maximum Gasteiger partial charge on any atom is 0.573 e. The van der Waals surface area contributed by atoms with Crippen molar-refractivity contribution in [2.24, 2.45) is 0 Å². The number of benzene rings is 2. The minimum absolute atomic E-state index is 0.147. The maximum absolute atomic E-state index is 12.3. The van der Waals surface area contributed by atoms with E-state index in [2.05, 4.69) is 10.1 Å². The highest BCUT2D eigenvalue weighted by molar-refractivity contribution is 5.99. The zero-order valence-electron chi connectivity index (χ0n) is 14.8. The summed E-state index contributed by atoms with van der Waals surface area (Å²) in [5.41, 5.74) is 1.80. The molecule has 8 heteroatoms. The molecule has 27 heavy (non-hydrogen) atoms. The van der Waals surface area contributed by atoms with Gasteiger partial charge in [-0.2, -0.15) is 0 Å². The van der Waals surface area contributed by atoms with Gasteiger partial charge < -0.3 is 15.0 Å². The summed E-state index contributed by atoms with van der Waals surface area (Å²) in [6.45, 7) is 1.77. The lowest BCUT2D eigenvalue weighted by atomic mass is 10.1. The number of anilines is 1. The lowest BCUT2D eigenvalue weighted by Crippen LogP contribution is -2.35. The van der Waals surface area contributed by atoms with Crippen LogP contribution >= 0.6 is 0 Å². The van der Waals surface area contributed by atoms with Crippen molar-refractivity contribution in [2.75, 3.05) is 18.9 Å². The predicted octanol–water partition coefficient (Wildman–Crippen LogP) is 3.86. The van der Waals surface area contributed by atoms with Gasteiger partial charge in [0.2, 0.25) is 5.91 Å². The van der Waals surface area contributed by atoms with Crippen LogP contribution in [0.25, 0.3) is 0 Å². The van der Waals surface area contributed by atoms with Gasteiger partial charge in [-0.15, -0.1) is 13.2 Å². The molecule has 0 saturated heterocycles. The van der Waals surface area contributed by atoms with Crippen molar-refractivity contribution in [3.8, 4) is 5.75 Å². The number of rotatable bonds is 6. The third kappa shape index (κ3) is 6.02. The van der Waals surface area contributed by atoms with E-state index in [0.717, 1.165) is 24.1 Å². The fraction of sp³-hybridized carbons (Fsp3) is 0.263. The molecule has 0 aliphatic heterocycles. The molecular weight excluding hydrogens is 361 g/mol. The highest BCUT2D eigenvalue weighted by Gasteiger charge is 2.31. The number of ether oxygens (including phenoxy) is 1. The summed E-state index contributed by atoms with van der Waals surface area (Å²) in [6, 6.07) is 11.9. The largest absolute Gasteiger partial charge is 0.573 e. The number of amides is 2. The van der Waals surface area contributed by atoms with Gasteiger partial charge in [-0.3, -0.25) is 9.59 Å². The molecule has 0 aliphatic carbocycles. The molecule has 0 radical (unpaired) electrons. The summed E-state index contributed by atoms with van der Waals surface area (Å²) in [5.74, 6) is -1.29. The number of alkyl halides is 3. The molecule has 144 valence electrons. The molecule has 2 rings (SSSR count). The van der Waals surface area contributed by atoms with Crippen molar-refractivity contribution in [1.29, 1.82) is 0 Å². The van der Waals surface area contributed by atoms with Gasteiger partial charge >= 0.3 is 6.36 Å². The summed E-state index contributed by atoms with van der Waals surface area (Å²) in [7, 11) is 1.44. The Morgan fingerprint density at radius 3 is 2.30 bits per heavy atom. The van der Waals surface area contributed by atoms with Gasteiger partial charge in [-0.05, 0) is 42.3 Å². The first-order chi connectivity index (χ1) is 12.7. The molecule has 0 fully saturated rings. The van der Waals surface area contributed by atoms with E-state index < -0.39 is 18.0 Å². The molecule has 0 aromatic heterocycles. The van der Waals surface area contributed by atoms with Crippen LogP contribution in [0.1, 0.15) is 22.8 Å². The van der Waals surface area contributed by atoms with Crippen LogP contribution in [0.2, 0.25) is 0 Å². The Labute approximate surface area is 154 Å². The van der Waals surface area contributed by atoms with Crippen molar-refractivity contribution in [3.63, 3.8) is 0 Å². The topological polar surface area (TPSA) is 58.6 Å². The highest BCUT2D eigenvalue weighted by Crippen LogP contribution is 2.23. The van der Waals surface area contributed by atoms with E-state index in [1.807, 2.05) is 19.1 Å². The monoisotopic (exact) mass is 380 g/mol. The molecular formula is C19H19F3N2O3. The SMILES string of the molecule is CCc1ccccc1NC(=O)CN(C)C(=O)c1ccc(OC(F)(F)F)cc1. The van der Waals surface area contributed by atoms with Crippen LogP contribution < -0.4 is 10.1 Å². The zero-order chi connectivity index (χ0) is 20.0. The summed E-state index contributed by atoms with van der Waals surface area (Å²) >= 11 is 0. The van der Waals surface area contributed by atoms with E-state index in [1.54, 1.807) is 12.1 Å². The smallest absolute Gasteiger partial charge is 0.406 e. The van der Waals surface area contributed by atoms with Crippen LogP contribution in [0.4, 0.5) is 18.9 Å². The fourth-order valence-electron chi connectivity index (χ4n) is 2.45. The molecule has 0 heterocycles. The number of aryl methyl sites for hydroxylation is 1. The molecule has 0 bridgehead atoms. The summed E-state index contributed by atoms with van der Waals surface area (Å²) in [4.78, 5) is 25.7. The molecule has 0 aliphatic rings. The first-order valence-corrected chi connectivity index (χ1v) is 8.18. The van der Waals surface area contributed by atoms with E-state index in [4.69, 9.17) is 0 Å². The van der Waals surface area contributed by atoms with Crippen molar-refractivity contribution in [1.82, 2.24) is 4.90 Å². The molecule has 2 aromatic rings. The highest BCUT2D eigenvalue weighted by atomic mass is 19.4. The quantitative estimate of drug-likeness (QED) is 0.828. The predicted molar refractivity (Wildman–Crippen MR) is 94.5 cm³/mol. The van der Waals surface area contributed by atoms with Crippen LogP contribution in [-0.2, 0) is 11.2 Å². The third-order valence-electron chi connectivity index (χ3n) is 3.73. The van der Waals surface area contributed by atoms with E-state index in [9.17, 15) is 22.8 Å². The van der Waals surface area contributed by atoms with Crippen molar-refractivity contribution in [3.05, 3.63) is 59.7 Å². The Morgan fingerprint density at radius 2 is 1.70 bits per heavy atom. The molecule has 2 aromatic carbocycles. The third-order valence-corrected chi connectivity index (χ3v) is 3.73. The van der Waals surface area contributed by atoms with Crippen LogP contribution in [0.15, 0.2) is 48.5 Å². The number of nitrogens with one attached hydrogen (secondary N) is 1. The normalized spacial score (nSPS) is 11.0. The number of hydrogen-bond acceptors (Lipinski definition) is 3. The van der Waals surface area contributed by atoms with Gasteiger partial charge in [0.25, 0.3) is 5.91 Å². The van der Waals surface area contributed by atoms with Gasteiger partial charge in [-0.25, -0.2) is 0 Å². The van der Waals surface area contributed by atoms with Gasteiger partial charge in [-0.1, -0.05) is 25.1 Å². The van der Waals surface area contributed by atoms with Gasteiger partial charge in [0.1, 0.15) is 5.75 Å². The number of hydrogen-bond donors (Lipinski definition) is 1. The van der Waals surface area contributed by atoms with E-state index in [-0.39, 0.29) is 18.0 Å². The molecule has 0 unspecified atom stereocenters. The van der Waals surface area contributed by atoms with Gasteiger partial charge in [0.05, 0.1) is 6.54 Å². The van der Waals surface area contributed by atoms with Crippen LogP contribution in [-0.4, -0.2) is 36.7 Å². The number of nitrogens with zero attached hydrogens (tertiary/aromatic N) is 1. The van der Waals surface area contributed by atoms with E-state index in [1.165, 1.54) is 24.1 Å². The molecule has 5 nitrogen and oxygen atoms in total. The van der Waals surface area contributed by atoms with Gasteiger partial charge in [0, 0.05) is 18.3 Å². The average Bonchev–Trinajstić information content (AvgIpc) is 2.60. The Bertz CT molecular complexity index is 805. The Morgan fingerprint density at radius 1 is 1.07 bits per heavy atom. The first-order valence-electron chi connectivity index (χ1n) is 8.18. The molecule has 0 atom stereocenters. The van der Waals surface area contributed by atoms with Crippen molar-refractivity contribution >= 4 is 17.5 Å². The molecule has 2 amide bonds. The standard InChI is InChI=1S/C19H19F3N2O3/c1-3-13-6-4-5-7-16(13)23-17(25)12-24(2)18(26)14-8-10-15(11-9-14)27-19(20,21)22/h4-11H,3,12H2,1-2H3,(H,23,25). The second-order valence-corrected chi connectivity index (χ2v) is 5.79. The molecule has 1 N–H and O–H groups in total. The first kappa shape index (κ1) is 20.3. The fourth-order valence-corrected chi connectivity index (χ4v) is 2.45. The average molecular weight is 380 g/mol. The van der Waals surface area contributed by atoms with Crippen LogP contribution in [0.3, 0.4) is 0 Å². The summed E-state index contributed by atoms with van der Waals surface area (Å²) < 4.78 is 40.3. The molecule has 0 saturated carbocycles. The Balaban J connectivity index is 1.97. The van der Waals surface area contributed by atoms with Crippen molar-refractivity contribution in [2.45, 2.75) is 19.7 Å². The number of halogens is 3. The van der Waals surface area contributed by atoms with E-state index in [0.29, 0.717) is 5.69 Å². The molecule has 0 spiro atoms. The van der Waals surface area contributed by atoms with Gasteiger partial charge in [0.15, 0.2) is 0 Å². The Hall–Kier alpha value is -3.03. The van der Waals surface area contributed by atoms with Crippen LogP contribution in [0, 0.1) is 0 Å². The maximum atomic E-state index is 12.3. The minimum Gasteiger partial charge on any atom is -0.406 e. The second kappa shape index (κ2) is 8.57.